The average molecular weight is 278 g/mol. The maximum Gasteiger partial charge on any atom is 0.134 e. The Morgan fingerprint density at radius 2 is 1.80 bits per heavy atom. The van der Waals surface area contributed by atoms with Gasteiger partial charge in [-0.15, -0.1) is 0 Å². The van der Waals surface area contributed by atoms with Gasteiger partial charge < -0.3 is 10.6 Å². The van der Waals surface area contributed by atoms with Gasteiger partial charge in [0, 0.05) is 25.6 Å². The third kappa shape index (κ3) is 5.35. The second kappa shape index (κ2) is 8.77. The van der Waals surface area contributed by atoms with E-state index in [1.165, 1.54) is 19.3 Å². The Morgan fingerprint density at radius 1 is 1.10 bits per heavy atom. The molecule has 0 aliphatic heterocycles. The average Bonchev–Trinajstić information content (AvgIpc) is 2.41. The topological polar surface area (TPSA) is 49.8 Å². The van der Waals surface area contributed by atoms with E-state index in [1.54, 1.807) is 0 Å². The Hall–Kier alpha value is -1.32. The van der Waals surface area contributed by atoms with Gasteiger partial charge >= 0.3 is 0 Å². The summed E-state index contributed by atoms with van der Waals surface area (Å²) < 4.78 is 0. The molecule has 1 rings (SSSR count). The van der Waals surface area contributed by atoms with E-state index in [1.807, 2.05) is 7.05 Å². The van der Waals surface area contributed by atoms with Crippen LogP contribution in [0.2, 0.25) is 0 Å². The first kappa shape index (κ1) is 16.7. The smallest absolute Gasteiger partial charge is 0.134 e. The minimum Gasteiger partial charge on any atom is -0.373 e. The SMILES string of the molecule is CCCc1nc(NC)c(C)c(NCCCCC(C)C)n1. The monoisotopic (exact) mass is 278 g/mol. The summed E-state index contributed by atoms with van der Waals surface area (Å²) in [6.07, 6.45) is 5.76. The van der Waals surface area contributed by atoms with Crippen molar-refractivity contribution >= 4 is 11.6 Å². The molecule has 0 unspecified atom stereocenters. The van der Waals surface area contributed by atoms with Crippen molar-refractivity contribution in [2.24, 2.45) is 5.92 Å². The van der Waals surface area contributed by atoms with Crippen LogP contribution in [0, 0.1) is 12.8 Å². The standard InChI is InChI=1S/C16H30N4/c1-6-9-14-19-15(17-5)13(4)16(20-14)18-11-8-7-10-12(2)3/h12H,6-11H2,1-5H3,(H2,17,18,19,20). The van der Waals surface area contributed by atoms with Crippen molar-refractivity contribution in [3.8, 4) is 0 Å². The summed E-state index contributed by atoms with van der Waals surface area (Å²) in [6.45, 7) is 9.76. The molecule has 0 amide bonds. The van der Waals surface area contributed by atoms with Crippen LogP contribution in [0.4, 0.5) is 11.6 Å². The fourth-order valence-electron chi connectivity index (χ4n) is 2.20. The number of rotatable bonds is 9. The number of aromatic nitrogens is 2. The lowest BCUT2D eigenvalue weighted by Gasteiger charge is -2.13. The fraction of sp³-hybridized carbons (Fsp3) is 0.750. The predicted octanol–water partition coefficient (Wildman–Crippen LogP) is 4.02. The van der Waals surface area contributed by atoms with E-state index in [9.17, 15) is 0 Å². The normalized spacial score (nSPS) is 10.9. The molecule has 0 saturated heterocycles. The van der Waals surface area contributed by atoms with Crippen molar-refractivity contribution in [2.45, 2.75) is 59.8 Å². The molecule has 0 aromatic carbocycles. The van der Waals surface area contributed by atoms with Gasteiger partial charge in [0.1, 0.15) is 17.5 Å². The minimum atomic E-state index is 0.794. The molecule has 0 fully saturated rings. The molecule has 0 bridgehead atoms. The summed E-state index contributed by atoms with van der Waals surface area (Å²) in [5.41, 5.74) is 1.11. The van der Waals surface area contributed by atoms with Crippen LogP contribution in [0.25, 0.3) is 0 Å². The Morgan fingerprint density at radius 3 is 2.40 bits per heavy atom. The van der Waals surface area contributed by atoms with Gasteiger partial charge in [-0.1, -0.05) is 33.6 Å². The van der Waals surface area contributed by atoms with Gasteiger partial charge in [0.15, 0.2) is 0 Å². The van der Waals surface area contributed by atoms with Gasteiger partial charge in [0.05, 0.1) is 0 Å². The van der Waals surface area contributed by atoms with E-state index in [2.05, 4.69) is 48.3 Å². The summed E-state index contributed by atoms with van der Waals surface area (Å²) >= 11 is 0. The highest BCUT2D eigenvalue weighted by molar-refractivity contribution is 5.56. The second-order valence-electron chi connectivity index (χ2n) is 5.78. The Bertz CT molecular complexity index is 402. The van der Waals surface area contributed by atoms with Gasteiger partial charge in [-0.05, 0) is 25.7 Å². The maximum atomic E-state index is 4.64. The highest BCUT2D eigenvalue weighted by Crippen LogP contribution is 2.20. The highest BCUT2D eigenvalue weighted by Gasteiger charge is 2.09. The van der Waals surface area contributed by atoms with E-state index in [0.717, 1.165) is 48.3 Å². The number of hydrogen-bond acceptors (Lipinski definition) is 4. The van der Waals surface area contributed by atoms with Crippen molar-refractivity contribution in [1.29, 1.82) is 0 Å². The number of nitrogens with zero attached hydrogens (tertiary/aromatic N) is 2. The minimum absolute atomic E-state index is 0.794. The third-order valence-corrected chi connectivity index (χ3v) is 3.40. The van der Waals surface area contributed by atoms with E-state index >= 15 is 0 Å². The molecule has 114 valence electrons. The van der Waals surface area contributed by atoms with Gasteiger partial charge in [-0.25, -0.2) is 9.97 Å². The number of anilines is 2. The van der Waals surface area contributed by atoms with Crippen LogP contribution in [0.5, 0.6) is 0 Å². The zero-order chi connectivity index (χ0) is 15.0. The van der Waals surface area contributed by atoms with Crippen molar-refractivity contribution in [3.63, 3.8) is 0 Å². The Labute approximate surface area is 123 Å². The van der Waals surface area contributed by atoms with Gasteiger partial charge in [0.25, 0.3) is 0 Å². The van der Waals surface area contributed by atoms with Gasteiger partial charge in [-0.3, -0.25) is 0 Å². The molecule has 0 radical (unpaired) electrons. The maximum absolute atomic E-state index is 4.64. The molecule has 0 spiro atoms. The van der Waals surface area contributed by atoms with Crippen LogP contribution in [0.15, 0.2) is 0 Å². The molecule has 1 aromatic rings. The van der Waals surface area contributed by atoms with Gasteiger partial charge in [-0.2, -0.15) is 0 Å². The molecular weight excluding hydrogens is 248 g/mol. The lowest BCUT2D eigenvalue weighted by atomic mass is 10.1. The Balaban J connectivity index is 2.61. The molecular formula is C16H30N4. The summed E-state index contributed by atoms with van der Waals surface area (Å²) in [5.74, 6) is 3.64. The number of hydrogen-bond donors (Lipinski definition) is 2. The van der Waals surface area contributed by atoms with Crippen molar-refractivity contribution in [1.82, 2.24) is 9.97 Å². The van der Waals surface area contributed by atoms with Crippen LogP contribution < -0.4 is 10.6 Å². The highest BCUT2D eigenvalue weighted by atomic mass is 15.1. The first-order chi connectivity index (χ1) is 9.58. The van der Waals surface area contributed by atoms with Crippen LogP contribution in [-0.2, 0) is 6.42 Å². The quantitative estimate of drug-likeness (QED) is 0.670. The van der Waals surface area contributed by atoms with Crippen LogP contribution in [0.3, 0.4) is 0 Å². The number of aryl methyl sites for hydroxylation is 1. The van der Waals surface area contributed by atoms with Gasteiger partial charge in [0.2, 0.25) is 0 Å². The lowest BCUT2D eigenvalue weighted by Crippen LogP contribution is -2.11. The first-order valence-corrected chi connectivity index (χ1v) is 7.87. The van der Waals surface area contributed by atoms with Crippen LogP contribution in [0.1, 0.15) is 57.8 Å². The summed E-state index contributed by atoms with van der Waals surface area (Å²) in [5, 5.41) is 6.63. The molecule has 0 aliphatic carbocycles. The zero-order valence-electron chi connectivity index (χ0n) is 13.7. The van der Waals surface area contributed by atoms with Crippen molar-refractivity contribution < 1.29 is 0 Å². The molecule has 4 nitrogen and oxygen atoms in total. The molecule has 0 saturated carbocycles. The zero-order valence-corrected chi connectivity index (χ0v) is 13.7. The first-order valence-electron chi connectivity index (χ1n) is 7.87. The Kier molecular flexibility index (Phi) is 7.34. The van der Waals surface area contributed by atoms with Crippen LogP contribution >= 0.6 is 0 Å². The second-order valence-corrected chi connectivity index (χ2v) is 5.78. The molecule has 2 N–H and O–H groups in total. The third-order valence-electron chi connectivity index (χ3n) is 3.40. The molecule has 1 aromatic heterocycles. The molecule has 1 heterocycles. The predicted molar refractivity (Wildman–Crippen MR) is 87.5 cm³/mol. The summed E-state index contributed by atoms with van der Waals surface area (Å²) in [7, 11) is 1.91. The van der Waals surface area contributed by atoms with E-state index < -0.39 is 0 Å². The summed E-state index contributed by atoms with van der Waals surface area (Å²) in [4.78, 5) is 9.19. The van der Waals surface area contributed by atoms with E-state index in [0.29, 0.717) is 0 Å². The fourth-order valence-corrected chi connectivity index (χ4v) is 2.20. The number of nitrogens with one attached hydrogen (secondary N) is 2. The molecule has 4 heteroatoms. The van der Waals surface area contributed by atoms with Crippen molar-refractivity contribution in [3.05, 3.63) is 11.4 Å². The van der Waals surface area contributed by atoms with E-state index in [4.69, 9.17) is 0 Å². The summed E-state index contributed by atoms with van der Waals surface area (Å²) in [6, 6.07) is 0. The van der Waals surface area contributed by atoms with Crippen LogP contribution in [-0.4, -0.2) is 23.6 Å². The largest absolute Gasteiger partial charge is 0.373 e. The molecule has 20 heavy (non-hydrogen) atoms. The number of unbranched alkanes of at least 4 members (excludes halogenated alkanes) is 1. The van der Waals surface area contributed by atoms with Crippen molar-refractivity contribution in [2.75, 3.05) is 24.2 Å². The molecule has 0 aliphatic rings. The molecule has 0 atom stereocenters. The lowest BCUT2D eigenvalue weighted by molar-refractivity contribution is 0.544. The van der Waals surface area contributed by atoms with E-state index in [-0.39, 0.29) is 0 Å².